The Labute approximate surface area is 120 Å². The predicted molar refractivity (Wildman–Crippen MR) is 78.0 cm³/mol. The van der Waals surface area contributed by atoms with Crippen molar-refractivity contribution in [2.24, 2.45) is 0 Å². The molecule has 0 N–H and O–H groups in total. The standard InChI is InChI=1S/C15H10ClNOS/c16-9-5-6-13-15-14(9)11(18)7-8-17(15)10-3-1-2-4-12(10)19-13/h1-6H,7-8H2. The fourth-order valence-corrected chi connectivity index (χ4v) is 4.11. The van der Waals surface area contributed by atoms with Crippen molar-refractivity contribution in [2.75, 3.05) is 11.4 Å². The van der Waals surface area contributed by atoms with Crippen molar-refractivity contribution < 1.29 is 4.79 Å². The summed E-state index contributed by atoms with van der Waals surface area (Å²) < 4.78 is 0. The molecule has 4 rings (SSSR count). The minimum atomic E-state index is 0.151. The molecule has 2 aliphatic heterocycles. The molecule has 0 radical (unpaired) electrons. The minimum absolute atomic E-state index is 0.151. The molecule has 0 saturated heterocycles. The highest BCUT2D eigenvalue weighted by Crippen LogP contribution is 2.52. The topological polar surface area (TPSA) is 20.3 Å². The Morgan fingerprint density at radius 2 is 1.95 bits per heavy atom. The summed E-state index contributed by atoms with van der Waals surface area (Å²) in [5.41, 5.74) is 2.86. The zero-order valence-corrected chi connectivity index (χ0v) is 11.6. The molecule has 2 aliphatic rings. The maximum atomic E-state index is 12.1. The molecule has 0 amide bonds. The maximum absolute atomic E-state index is 12.1. The van der Waals surface area contributed by atoms with Crippen LogP contribution in [-0.2, 0) is 0 Å². The van der Waals surface area contributed by atoms with Gasteiger partial charge in [0.05, 0.1) is 22.0 Å². The molecule has 2 aromatic rings. The number of benzene rings is 2. The first-order valence-electron chi connectivity index (χ1n) is 6.16. The van der Waals surface area contributed by atoms with Gasteiger partial charge in [0.15, 0.2) is 5.78 Å². The number of nitrogens with zero attached hydrogens (tertiary/aromatic N) is 1. The highest BCUT2D eigenvalue weighted by atomic mass is 35.5. The van der Waals surface area contributed by atoms with Gasteiger partial charge >= 0.3 is 0 Å². The normalized spacial score (nSPS) is 16.1. The van der Waals surface area contributed by atoms with Gasteiger partial charge in [-0.1, -0.05) is 35.5 Å². The van der Waals surface area contributed by atoms with E-state index in [0.29, 0.717) is 17.0 Å². The van der Waals surface area contributed by atoms with Crippen LogP contribution in [-0.4, -0.2) is 12.3 Å². The van der Waals surface area contributed by atoms with Gasteiger partial charge in [-0.15, -0.1) is 0 Å². The molecule has 2 heterocycles. The molecule has 4 heteroatoms. The van der Waals surface area contributed by atoms with E-state index in [0.717, 1.165) is 17.1 Å². The highest BCUT2D eigenvalue weighted by Gasteiger charge is 2.33. The van der Waals surface area contributed by atoms with E-state index in [1.54, 1.807) is 11.8 Å². The van der Waals surface area contributed by atoms with Crippen LogP contribution in [0.25, 0.3) is 0 Å². The summed E-state index contributed by atoms with van der Waals surface area (Å²) in [6, 6.07) is 12.1. The van der Waals surface area contributed by atoms with Gasteiger partial charge in [-0.25, -0.2) is 0 Å². The van der Waals surface area contributed by atoms with E-state index < -0.39 is 0 Å². The van der Waals surface area contributed by atoms with Crippen LogP contribution in [0.2, 0.25) is 5.02 Å². The van der Waals surface area contributed by atoms with Gasteiger partial charge in [0, 0.05) is 22.8 Å². The predicted octanol–water partition coefficient (Wildman–Crippen LogP) is 4.53. The molecule has 0 atom stereocenters. The van der Waals surface area contributed by atoms with E-state index >= 15 is 0 Å². The second-order valence-electron chi connectivity index (χ2n) is 4.66. The number of hydrogen-bond donors (Lipinski definition) is 0. The number of rotatable bonds is 0. The van der Waals surface area contributed by atoms with E-state index in [2.05, 4.69) is 17.0 Å². The molecule has 0 fully saturated rings. The Morgan fingerprint density at radius 3 is 2.84 bits per heavy atom. The van der Waals surface area contributed by atoms with Gasteiger partial charge in [0.25, 0.3) is 0 Å². The van der Waals surface area contributed by atoms with Crippen LogP contribution in [0.15, 0.2) is 46.2 Å². The smallest absolute Gasteiger partial charge is 0.168 e. The SMILES string of the molecule is O=C1CCN2c3ccccc3Sc3ccc(Cl)c1c32. The molecular weight excluding hydrogens is 278 g/mol. The third-order valence-electron chi connectivity index (χ3n) is 3.58. The van der Waals surface area contributed by atoms with E-state index in [4.69, 9.17) is 11.6 Å². The van der Waals surface area contributed by atoms with Gasteiger partial charge in [-0.2, -0.15) is 0 Å². The third-order valence-corrected chi connectivity index (χ3v) is 5.01. The van der Waals surface area contributed by atoms with Crippen molar-refractivity contribution in [3.63, 3.8) is 0 Å². The first-order valence-corrected chi connectivity index (χ1v) is 7.35. The number of carbonyl (C=O) groups is 1. The first kappa shape index (κ1) is 11.4. The van der Waals surface area contributed by atoms with E-state index in [9.17, 15) is 4.79 Å². The molecule has 0 saturated carbocycles. The third kappa shape index (κ3) is 1.55. The molecule has 0 unspecified atom stereocenters. The van der Waals surface area contributed by atoms with E-state index in [1.165, 1.54) is 10.6 Å². The van der Waals surface area contributed by atoms with Crippen LogP contribution >= 0.6 is 23.4 Å². The lowest BCUT2D eigenvalue weighted by Crippen LogP contribution is -2.30. The minimum Gasteiger partial charge on any atom is -0.339 e. The van der Waals surface area contributed by atoms with Crippen LogP contribution in [0.4, 0.5) is 11.4 Å². The van der Waals surface area contributed by atoms with Gasteiger partial charge < -0.3 is 4.90 Å². The summed E-state index contributed by atoms with van der Waals surface area (Å²) in [5, 5.41) is 0.563. The lowest BCUT2D eigenvalue weighted by molar-refractivity contribution is 0.0981. The monoisotopic (exact) mass is 287 g/mol. The molecule has 0 bridgehead atoms. The molecule has 2 nitrogen and oxygen atoms in total. The Balaban J connectivity index is 2.03. The van der Waals surface area contributed by atoms with E-state index in [-0.39, 0.29) is 5.78 Å². The Kier molecular flexibility index (Phi) is 2.41. The van der Waals surface area contributed by atoms with Crippen LogP contribution in [0.5, 0.6) is 0 Å². The molecule has 2 aromatic carbocycles. The first-order chi connectivity index (χ1) is 9.25. The van der Waals surface area contributed by atoms with Crippen molar-refractivity contribution in [1.82, 2.24) is 0 Å². The average molecular weight is 288 g/mol. The molecule has 0 aromatic heterocycles. The lowest BCUT2D eigenvalue weighted by Gasteiger charge is -2.37. The summed E-state index contributed by atoms with van der Waals surface area (Å²) in [6.45, 7) is 0.733. The number of para-hydroxylation sites is 1. The van der Waals surface area contributed by atoms with Gasteiger partial charge in [0.2, 0.25) is 0 Å². The summed E-state index contributed by atoms with van der Waals surface area (Å²) in [4.78, 5) is 16.7. The van der Waals surface area contributed by atoms with Crippen molar-refractivity contribution in [1.29, 1.82) is 0 Å². The number of halogens is 1. The number of fused-ring (bicyclic) bond motifs is 2. The van der Waals surface area contributed by atoms with E-state index in [1.807, 2.05) is 24.3 Å². The number of ketones is 1. The number of Topliss-reactive ketones (excluding diaryl/α,β-unsaturated/α-hetero) is 1. The molecule has 0 spiro atoms. The number of carbonyl (C=O) groups excluding carboxylic acids is 1. The Morgan fingerprint density at radius 1 is 1.11 bits per heavy atom. The quantitative estimate of drug-likeness (QED) is 0.710. The van der Waals surface area contributed by atoms with Gasteiger partial charge in [0.1, 0.15) is 0 Å². The van der Waals surface area contributed by atoms with Crippen molar-refractivity contribution in [3.05, 3.63) is 47.0 Å². The largest absolute Gasteiger partial charge is 0.339 e. The Bertz CT molecular complexity index is 713. The second-order valence-corrected chi connectivity index (χ2v) is 6.15. The highest BCUT2D eigenvalue weighted by molar-refractivity contribution is 7.99. The van der Waals surface area contributed by atoms with Crippen LogP contribution < -0.4 is 4.90 Å². The zero-order valence-electron chi connectivity index (χ0n) is 10.0. The summed E-state index contributed by atoms with van der Waals surface area (Å²) >= 11 is 7.93. The molecular formula is C15H10ClNOS. The summed E-state index contributed by atoms with van der Waals surface area (Å²) in [6.07, 6.45) is 0.523. The van der Waals surface area contributed by atoms with Gasteiger partial charge in [-0.05, 0) is 24.3 Å². The van der Waals surface area contributed by atoms with Gasteiger partial charge in [-0.3, -0.25) is 4.79 Å². The molecule has 94 valence electrons. The maximum Gasteiger partial charge on any atom is 0.168 e. The lowest BCUT2D eigenvalue weighted by atomic mass is 9.99. The number of anilines is 2. The van der Waals surface area contributed by atoms with Crippen LogP contribution in [0, 0.1) is 0 Å². The zero-order chi connectivity index (χ0) is 13.0. The van der Waals surface area contributed by atoms with Crippen LogP contribution in [0.3, 0.4) is 0 Å². The molecule has 19 heavy (non-hydrogen) atoms. The number of hydrogen-bond acceptors (Lipinski definition) is 3. The van der Waals surface area contributed by atoms with Crippen molar-refractivity contribution in [3.8, 4) is 0 Å². The fraction of sp³-hybridized carbons (Fsp3) is 0.133. The van der Waals surface area contributed by atoms with Crippen molar-refractivity contribution in [2.45, 2.75) is 16.2 Å². The van der Waals surface area contributed by atoms with Crippen LogP contribution in [0.1, 0.15) is 16.8 Å². The summed E-state index contributed by atoms with van der Waals surface area (Å²) in [5.74, 6) is 0.151. The fourth-order valence-electron chi connectivity index (χ4n) is 2.74. The summed E-state index contributed by atoms with van der Waals surface area (Å²) in [7, 11) is 0. The Hall–Kier alpha value is -1.45. The van der Waals surface area contributed by atoms with Crippen molar-refractivity contribution >= 4 is 40.5 Å². The average Bonchev–Trinajstić information content (AvgIpc) is 2.43. The second kappa shape index (κ2) is 4.02. The molecule has 0 aliphatic carbocycles.